The topological polar surface area (TPSA) is 81.9 Å². The van der Waals surface area contributed by atoms with Crippen LogP contribution in [0.5, 0.6) is 5.75 Å². The highest BCUT2D eigenvalue weighted by Gasteiger charge is 2.15. The van der Waals surface area contributed by atoms with Crippen molar-refractivity contribution in [3.8, 4) is 17.0 Å². The summed E-state index contributed by atoms with van der Waals surface area (Å²) in [7, 11) is 1.64. The van der Waals surface area contributed by atoms with Gasteiger partial charge in [-0.3, -0.25) is 10.1 Å². The molecule has 0 radical (unpaired) electrons. The highest BCUT2D eigenvalue weighted by atomic mass is 32.1. The van der Waals surface area contributed by atoms with E-state index < -0.39 is 0 Å². The molecule has 0 unspecified atom stereocenters. The van der Waals surface area contributed by atoms with E-state index in [0.29, 0.717) is 10.7 Å². The highest BCUT2D eigenvalue weighted by Crippen LogP contribution is 2.31. The van der Waals surface area contributed by atoms with Crippen LogP contribution in [0.25, 0.3) is 22.3 Å². The van der Waals surface area contributed by atoms with Gasteiger partial charge in [0.2, 0.25) is 0 Å². The second-order valence-electron chi connectivity index (χ2n) is 6.93. The first-order chi connectivity index (χ1) is 14.0. The van der Waals surface area contributed by atoms with Gasteiger partial charge in [-0.05, 0) is 51.1 Å². The molecule has 3 heterocycles. The number of nitrogens with one attached hydrogen (secondary N) is 1. The zero-order valence-corrected chi connectivity index (χ0v) is 17.4. The lowest BCUT2D eigenvalue weighted by atomic mass is 10.1. The van der Waals surface area contributed by atoms with E-state index in [1.165, 1.54) is 11.3 Å². The Kier molecular flexibility index (Phi) is 5.02. The molecule has 1 amide bonds. The molecule has 0 fully saturated rings. The van der Waals surface area contributed by atoms with E-state index in [9.17, 15) is 4.79 Å². The molecule has 148 valence electrons. The number of anilines is 1. The molecule has 0 atom stereocenters. The van der Waals surface area contributed by atoms with E-state index >= 15 is 0 Å². The Morgan fingerprint density at radius 3 is 2.66 bits per heavy atom. The summed E-state index contributed by atoms with van der Waals surface area (Å²) >= 11 is 1.44. The Morgan fingerprint density at radius 1 is 1.21 bits per heavy atom. The summed E-state index contributed by atoms with van der Waals surface area (Å²) in [6, 6.07) is 9.70. The smallest absolute Gasteiger partial charge is 0.259 e. The maximum atomic E-state index is 12.7. The molecular weight excluding hydrogens is 386 g/mol. The van der Waals surface area contributed by atoms with Crippen molar-refractivity contribution < 1.29 is 9.53 Å². The Bertz CT molecular complexity index is 1180. The van der Waals surface area contributed by atoms with Crippen molar-refractivity contribution >= 4 is 33.4 Å². The third-order valence-electron chi connectivity index (χ3n) is 4.57. The average molecular weight is 407 g/mol. The first-order valence-electron chi connectivity index (χ1n) is 9.22. The SMILES string of the molecule is COc1ccc(-c2nc(NC(=O)c3cnc4c(cnn4C(C)C)c3)sc2C)cc1. The molecule has 29 heavy (non-hydrogen) atoms. The molecule has 8 heteroatoms. The molecular formula is C21H21N5O2S. The van der Waals surface area contributed by atoms with E-state index in [4.69, 9.17) is 4.74 Å². The van der Waals surface area contributed by atoms with Crippen molar-refractivity contribution in [1.29, 1.82) is 0 Å². The number of fused-ring (bicyclic) bond motifs is 1. The maximum absolute atomic E-state index is 12.7. The van der Waals surface area contributed by atoms with Gasteiger partial charge in [-0.1, -0.05) is 0 Å². The summed E-state index contributed by atoms with van der Waals surface area (Å²) in [6.45, 7) is 6.07. The number of thiazole rings is 1. The van der Waals surface area contributed by atoms with Gasteiger partial charge in [0.15, 0.2) is 10.8 Å². The standard InChI is InChI=1S/C21H21N5O2S/c1-12(2)26-19-15(11-23-26)9-16(10-22-19)20(27)25-21-24-18(13(3)29-21)14-5-7-17(28-4)8-6-14/h5-12H,1-4H3,(H,24,25,27). The summed E-state index contributed by atoms with van der Waals surface area (Å²) in [4.78, 5) is 22.8. The predicted molar refractivity (Wildman–Crippen MR) is 115 cm³/mol. The van der Waals surface area contributed by atoms with Crippen LogP contribution in [-0.2, 0) is 0 Å². The van der Waals surface area contributed by atoms with Crippen LogP contribution in [-0.4, -0.2) is 32.8 Å². The number of nitrogens with zero attached hydrogens (tertiary/aromatic N) is 4. The molecule has 0 aliphatic heterocycles. The van der Waals surface area contributed by atoms with Gasteiger partial charge in [-0.15, -0.1) is 11.3 Å². The number of carbonyl (C=O) groups is 1. The molecule has 4 rings (SSSR count). The van der Waals surface area contributed by atoms with Crippen LogP contribution < -0.4 is 10.1 Å². The fourth-order valence-corrected chi connectivity index (χ4v) is 3.91. The number of ether oxygens (including phenoxy) is 1. The van der Waals surface area contributed by atoms with Crippen LogP contribution in [0.2, 0.25) is 0 Å². The minimum atomic E-state index is -0.244. The largest absolute Gasteiger partial charge is 0.497 e. The van der Waals surface area contributed by atoms with Gasteiger partial charge in [-0.2, -0.15) is 5.10 Å². The van der Waals surface area contributed by atoms with E-state index in [0.717, 1.165) is 32.9 Å². The molecule has 0 spiro atoms. The average Bonchev–Trinajstić information content (AvgIpc) is 3.30. The number of benzene rings is 1. The minimum absolute atomic E-state index is 0.203. The second-order valence-corrected chi connectivity index (χ2v) is 8.13. The van der Waals surface area contributed by atoms with Crippen molar-refractivity contribution in [3.05, 3.63) is 53.2 Å². The van der Waals surface area contributed by atoms with E-state index in [-0.39, 0.29) is 11.9 Å². The van der Waals surface area contributed by atoms with Crippen molar-refractivity contribution in [1.82, 2.24) is 19.7 Å². The van der Waals surface area contributed by atoms with Gasteiger partial charge in [0.1, 0.15) is 5.75 Å². The van der Waals surface area contributed by atoms with Gasteiger partial charge in [0, 0.05) is 28.1 Å². The lowest BCUT2D eigenvalue weighted by molar-refractivity contribution is 0.102. The first-order valence-corrected chi connectivity index (χ1v) is 10.0. The normalized spacial score (nSPS) is 11.2. The summed E-state index contributed by atoms with van der Waals surface area (Å²) < 4.78 is 7.04. The van der Waals surface area contributed by atoms with Gasteiger partial charge >= 0.3 is 0 Å². The predicted octanol–water partition coefficient (Wildman–Crippen LogP) is 4.71. The van der Waals surface area contributed by atoms with Crippen LogP contribution in [0, 0.1) is 6.92 Å². The molecule has 0 saturated heterocycles. The van der Waals surface area contributed by atoms with Gasteiger partial charge in [0.05, 0.1) is 24.6 Å². The summed E-state index contributed by atoms with van der Waals surface area (Å²) in [6.07, 6.45) is 3.30. The number of aromatic nitrogens is 4. The zero-order chi connectivity index (χ0) is 20.5. The molecule has 0 saturated carbocycles. The molecule has 7 nitrogen and oxygen atoms in total. The summed E-state index contributed by atoms with van der Waals surface area (Å²) in [5, 5.41) is 8.61. The number of methoxy groups -OCH3 is 1. The number of carbonyl (C=O) groups excluding carboxylic acids is 1. The maximum Gasteiger partial charge on any atom is 0.259 e. The van der Waals surface area contributed by atoms with Crippen molar-refractivity contribution in [3.63, 3.8) is 0 Å². The van der Waals surface area contributed by atoms with Crippen molar-refractivity contribution in [2.24, 2.45) is 0 Å². The van der Waals surface area contributed by atoms with Crippen LogP contribution in [0.3, 0.4) is 0 Å². The zero-order valence-electron chi connectivity index (χ0n) is 16.6. The lowest BCUT2D eigenvalue weighted by Gasteiger charge is -2.06. The van der Waals surface area contributed by atoms with Gasteiger partial charge in [0.25, 0.3) is 5.91 Å². The third kappa shape index (κ3) is 3.71. The van der Waals surface area contributed by atoms with Crippen LogP contribution in [0.15, 0.2) is 42.7 Å². The molecule has 1 N–H and O–H groups in total. The summed E-state index contributed by atoms with van der Waals surface area (Å²) in [5.41, 5.74) is 3.06. The monoisotopic (exact) mass is 407 g/mol. The molecule has 0 aliphatic carbocycles. The number of hydrogen-bond acceptors (Lipinski definition) is 6. The second kappa shape index (κ2) is 7.63. The van der Waals surface area contributed by atoms with Crippen LogP contribution in [0.1, 0.15) is 35.1 Å². The fraction of sp³-hybridized carbons (Fsp3) is 0.238. The quantitative estimate of drug-likeness (QED) is 0.518. The van der Waals surface area contributed by atoms with Gasteiger partial charge in [-0.25, -0.2) is 14.6 Å². The third-order valence-corrected chi connectivity index (χ3v) is 5.45. The Labute approximate surface area is 172 Å². The Balaban J connectivity index is 1.56. The van der Waals surface area contributed by atoms with Gasteiger partial charge < -0.3 is 4.74 Å². The number of amides is 1. The van der Waals surface area contributed by atoms with Crippen LogP contribution in [0.4, 0.5) is 5.13 Å². The lowest BCUT2D eigenvalue weighted by Crippen LogP contribution is -2.12. The summed E-state index contributed by atoms with van der Waals surface area (Å²) in [5.74, 6) is 0.547. The Morgan fingerprint density at radius 2 is 1.97 bits per heavy atom. The molecule has 1 aromatic carbocycles. The number of hydrogen-bond donors (Lipinski definition) is 1. The fourth-order valence-electron chi connectivity index (χ4n) is 3.08. The number of aryl methyl sites for hydroxylation is 1. The van der Waals surface area contributed by atoms with E-state index in [1.54, 1.807) is 25.6 Å². The molecule has 0 aliphatic rings. The van der Waals surface area contributed by atoms with Crippen molar-refractivity contribution in [2.45, 2.75) is 26.8 Å². The Hall–Kier alpha value is -3.26. The van der Waals surface area contributed by atoms with Crippen LogP contribution >= 0.6 is 11.3 Å². The molecule has 3 aromatic heterocycles. The first kappa shape index (κ1) is 19.1. The molecule has 4 aromatic rings. The van der Waals surface area contributed by atoms with Crippen molar-refractivity contribution in [2.75, 3.05) is 12.4 Å². The highest BCUT2D eigenvalue weighted by molar-refractivity contribution is 7.16. The minimum Gasteiger partial charge on any atom is -0.497 e. The van der Waals surface area contributed by atoms with E-state index in [1.807, 2.05) is 49.7 Å². The number of rotatable bonds is 5. The number of pyridine rings is 1. The van der Waals surface area contributed by atoms with E-state index in [2.05, 4.69) is 20.4 Å². The molecule has 0 bridgehead atoms.